The van der Waals surface area contributed by atoms with Crippen LogP contribution in [0, 0.1) is 12.9 Å². The smallest absolute Gasteiger partial charge is 0.325 e. The summed E-state index contributed by atoms with van der Waals surface area (Å²) < 4.78 is 24.0. The van der Waals surface area contributed by atoms with Gasteiger partial charge in [-0.15, -0.1) is 0 Å². The van der Waals surface area contributed by atoms with E-state index in [2.05, 4.69) is 47.5 Å². The second-order valence-corrected chi connectivity index (χ2v) is 7.89. The molecule has 10 nitrogen and oxygen atoms in total. The molecule has 4 aromatic rings. The summed E-state index contributed by atoms with van der Waals surface area (Å²) in [5.41, 5.74) is 1.62. The Morgan fingerprint density at radius 1 is 1.03 bits per heavy atom. The molecule has 1 aromatic carbocycles. The third kappa shape index (κ3) is 4.93. The number of aryl methyl sites for hydroxylation is 1. The van der Waals surface area contributed by atoms with Gasteiger partial charge in [0.1, 0.15) is 17.4 Å². The predicted molar refractivity (Wildman–Crippen MR) is 120 cm³/mol. The molecule has 0 bridgehead atoms. The molecule has 1 fully saturated rings. The van der Waals surface area contributed by atoms with Crippen molar-refractivity contribution < 1.29 is 13.7 Å². The van der Waals surface area contributed by atoms with E-state index in [4.69, 9.17) is 9.26 Å². The number of anilines is 3. The molecule has 0 spiro atoms. The third-order valence-corrected chi connectivity index (χ3v) is 5.31. The van der Waals surface area contributed by atoms with Gasteiger partial charge in [-0.25, -0.2) is 0 Å². The van der Waals surface area contributed by atoms with Crippen molar-refractivity contribution in [2.75, 3.05) is 43.4 Å². The summed E-state index contributed by atoms with van der Waals surface area (Å²) in [4.78, 5) is 13.6. The number of aromatic amines is 1. The van der Waals surface area contributed by atoms with Gasteiger partial charge in [0.05, 0.1) is 0 Å². The Morgan fingerprint density at radius 3 is 2.48 bits per heavy atom. The second kappa shape index (κ2) is 8.87. The Labute approximate surface area is 189 Å². The highest BCUT2D eigenvalue weighted by Gasteiger charge is 2.18. The highest BCUT2D eigenvalue weighted by molar-refractivity contribution is 5.59. The number of aromatic nitrogens is 5. The average Bonchev–Trinajstić information content (AvgIpc) is 3.42. The maximum absolute atomic E-state index is 13.1. The minimum absolute atomic E-state index is 0.208. The number of halogens is 1. The fraction of sp³-hybridized carbons (Fsp3) is 0.273. The zero-order chi connectivity index (χ0) is 22.8. The minimum atomic E-state index is -0.661. The molecule has 0 saturated carbocycles. The number of ether oxygens (including phenoxy) is 1. The molecule has 170 valence electrons. The molecule has 3 aromatic heterocycles. The van der Waals surface area contributed by atoms with Crippen LogP contribution in [0.3, 0.4) is 0 Å². The number of rotatable bonds is 6. The molecule has 0 amide bonds. The van der Waals surface area contributed by atoms with E-state index in [1.54, 1.807) is 24.3 Å². The fourth-order valence-electron chi connectivity index (χ4n) is 3.52. The van der Waals surface area contributed by atoms with E-state index in [0.717, 1.165) is 37.7 Å². The van der Waals surface area contributed by atoms with Crippen molar-refractivity contribution in [1.29, 1.82) is 0 Å². The first kappa shape index (κ1) is 20.9. The Morgan fingerprint density at radius 2 is 1.82 bits per heavy atom. The number of likely N-dealkylation sites (N-methyl/N-ethyl adjacent to an activating group) is 1. The largest absolute Gasteiger partial charge is 0.424 e. The summed E-state index contributed by atoms with van der Waals surface area (Å²) in [5.74, 6) is 2.23. The minimum Gasteiger partial charge on any atom is -0.424 e. The van der Waals surface area contributed by atoms with Gasteiger partial charge >= 0.3 is 6.01 Å². The summed E-state index contributed by atoms with van der Waals surface area (Å²) in [6, 6.07) is 12.2. The molecule has 1 aliphatic rings. The molecule has 0 radical (unpaired) electrons. The van der Waals surface area contributed by atoms with Gasteiger partial charge < -0.3 is 24.4 Å². The van der Waals surface area contributed by atoms with Gasteiger partial charge in [0, 0.05) is 55.6 Å². The van der Waals surface area contributed by atoms with Crippen molar-refractivity contribution in [3.05, 3.63) is 54.1 Å². The molecule has 0 unspecified atom stereocenters. The van der Waals surface area contributed by atoms with E-state index in [9.17, 15) is 4.39 Å². The summed E-state index contributed by atoms with van der Waals surface area (Å²) in [6.45, 7) is 5.54. The monoisotopic (exact) mass is 450 g/mol. The van der Waals surface area contributed by atoms with Crippen LogP contribution in [0.5, 0.6) is 11.8 Å². The average molecular weight is 450 g/mol. The number of hydrogen-bond acceptors (Lipinski definition) is 9. The highest BCUT2D eigenvalue weighted by Crippen LogP contribution is 2.28. The van der Waals surface area contributed by atoms with Gasteiger partial charge in [0.25, 0.3) is 5.95 Å². The van der Waals surface area contributed by atoms with Gasteiger partial charge in [-0.1, -0.05) is 0 Å². The van der Waals surface area contributed by atoms with Crippen molar-refractivity contribution in [2.24, 2.45) is 0 Å². The van der Waals surface area contributed by atoms with Crippen molar-refractivity contribution in [2.45, 2.75) is 6.92 Å². The van der Waals surface area contributed by atoms with Crippen LogP contribution in [0.1, 0.15) is 5.69 Å². The number of H-pyrrole nitrogens is 1. The SMILES string of the molecule is Cc1cc(Nc2cc(N3CCN(C)CC3)nc(Oc3ccc(-c4cc(F)no4)cc3)n2)n[nH]1. The quantitative estimate of drug-likeness (QED) is 0.455. The number of nitrogens with zero attached hydrogens (tertiary/aromatic N) is 6. The topological polar surface area (TPSA) is 108 Å². The number of benzene rings is 1. The third-order valence-electron chi connectivity index (χ3n) is 5.31. The first-order valence-corrected chi connectivity index (χ1v) is 10.5. The number of hydrogen-bond donors (Lipinski definition) is 2. The van der Waals surface area contributed by atoms with Gasteiger partial charge in [-0.05, 0) is 43.4 Å². The van der Waals surface area contributed by atoms with E-state index in [1.165, 1.54) is 6.07 Å². The normalized spacial score (nSPS) is 14.5. The molecule has 1 saturated heterocycles. The highest BCUT2D eigenvalue weighted by atomic mass is 19.1. The van der Waals surface area contributed by atoms with Crippen LogP contribution in [0.15, 0.2) is 47.0 Å². The van der Waals surface area contributed by atoms with Crippen LogP contribution >= 0.6 is 0 Å². The Hall–Kier alpha value is -3.99. The van der Waals surface area contributed by atoms with Crippen LogP contribution < -0.4 is 15.0 Å². The van der Waals surface area contributed by atoms with Crippen LogP contribution in [0.4, 0.5) is 21.8 Å². The maximum atomic E-state index is 13.1. The van der Waals surface area contributed by atoms with E-state index < -0.39 is 5.95 Å². The van der Waals surface area contributed by atoms with Crippen LogP contribution in [0.2, 0.25) is 0 Å². The van der Waals surface area contributed by atoms with Crippen molar-refractivity contribution in [3.8, 4) is 23.1 Å². The summed E-state index contributed by atoms with van der Waals surface area (Å²) in [7, 11) is 2.11. The van der Waals surface area contributed by atoms with Crippen LogP contribution in [-0.2, 0) is 0 Å². The maximum Gasteiger partial charge on any atom is 0.325 e. The zero-order valence-electron chi connectivity index (χ0n) is 18.2. The molecule has 0 atom stereocenters. The standard InChI is InChI=1S/C22H23FN8O2/c1-14-11-20(28-27-14)24-19-13-21(31-9-7-30(2)8-10-31)26-22(25-19)32-16-5-3-15(4-6-16)17-12-18(23)29-33-17/h3-6,11-13H,7-10H2,1-2H3,(H2,24,25,26,27,28). The Balaban J connectivity index is 1.40. The van der Waals surface area contributed by atoms with Crippen LogP contribution in [-0.4, -0.2) is 63.4 Å². The molecule has 11 heteroatoms. The Kier molecular flexibility index (Phi) is 5.61. The van der Waals surface area contributed by atoms with Gasteiger partial charge in [0.2, 0.25) is 0 Å². The molecule has 4 heterocycles. The lowest BCUT2D eigenvalue weighted by Gasteiger charge is -2.33. The first-order chi connectivity index (χ1) is 16.0. The summed E-state index contributed by atoms with van der Waals surface area (Å²) in [6.07, 6.45) is 0. The van der Waals surface area contributed by atoms with Crippen molar-refractivity contribution in [1.82, 2.24) is 30.2 Å². The lowest BCUT2D eigenvalue weighted by Crippen LogP contribution is -2.44. The molecule has 0 aliphatic carbocycles. The molecular formula is C22H23FN8O2. The van der Waals surface area contributed by atoms with E-state index in [1.807, 2.05) is 19.1 Å². The van der Waals surface area contributed by atoms with Crippen molar-refractivity contribution >= 4 is 17.5 Å². The summed E-state index contributed by atoms with van der Waals surface area (Å²) >= 11 is 0. The predicted octanol–water partition coefficient (Wildman–Crippen LogP) is 3.59. The molecular weight excluding hydrogens is 427 g/mol. The molecule has 1 aliphatic heterocycles. The lowest BCUT2D eigenvalue weighted by atomic mass is 10.2. The van der Waals surface area contributed by atoms with Gasteiger partial charge in [-0.3, -0.25) is 5.10 Å². The van der Waals surface area contributed by atoms with E-state index in [-0.39, 0.29) is 6.01 Å². The molecule has 5 rings (SSSR count). The van der Waals surface area contributed by atoms with E-state index >= 15 is 0 Å². The fourth-order valence-corrected chi connectivity index (χ4v) is 3.52. The number of nitrogens with one attached hydrogen (secondary N) is 2. The Bertz CT molecular complexity index is 1230. The lowest BCUT2D eigenvalue weighted by molar-refractivity contribution is 0.311. The molecule has 2 N–H and O–H groups in total. The van der Waals surface area contributed by atoms with Crippen molar-refractivity contribution in [3.63, 3.8) is 0 Å². The van der Waals surface area contributed by atoms with Gasteiger partial charge in [0.15, 0.2) is 11.6 Å². The summed E-state index contributed by atoms with van der Waals surface area (Å²) in [5, 5.41) is 13.6. The van der Waals surface area contributed by atoms with E-state index in [0.29, 0.717) is 28.7 Å². The first-order valence-electron chi connectivity index (χ1n) is 10.5. The second-order valence-electron chi connectivity index (χ2n) is 7.89. The molecule has 33 heavy (non-hydrogen) atoms. The van der Waals surface area contributed by atoms with Gasteiger partial charge in [-0.2, -0.15) is 19.5 Å². The zero-order valence-corrected chi connectivity index (χ0v) is 18.2. The number of piperazine rings is 1. The van der Waals surface area contributed by atoms with Crippen LogP contribution in [0.25, 0.3) is 11.3 Å².